The molecule has 3 unspecified atom stereocenters. The number of aryl methyl sites for hydroxylation is 1. The number of hydrogen-bond acceptors (Lipinski definition) is 3. The number of furan rings is 1. The summed E-state index contributed by atoms with van der Waals surface area (Å²) in [6, 6.07) is 33.4. The fourth-order valence-corrected chi connectivity index (χ4v) is 12.9. The third-order valence-corrected chi connectivity index (χ3v) is 16.9. The molecule has 0 saturated carbocycles. The van der Waals surface area contributed by atoms with Crippen LogP contribution in [0.25, 0.3) is 38.7 Å². The van der Waals surface area contributed by atoms with E-state index < -0.39 is 0 Å². The first kappa shape index (κ1) is 42.2. The molecule has 5 heteroatoms. The molecule has 4 aliphatic rings. The Kier molecular flexibility index (Phi) is 9.13. The molecule has 0 N–H and O–H groups in total. The number of hydrogen-bond donors (Lipinski definition) is 0. The summed E-state index contributed by atoms with van der Waals surface area (Å²) in [5.74, 6) is 1.09. The Morgan fingerprint density at radius 1 is 0.800 bits per heavy atom. The van der Waals surface area contributed by atoms with Gasteiger partial charge in [-0.3, -0.25) is 0 Å². The second kappa shape index (κ2) is 14.1. The van der Waals surface area contributed by atoms with Gasteiger partial charge < -0.3 is 18.8 Å². The van der Waals surface area contributed by atoms with E-state index in [9.17, 15) is 0 Å². The van der Waals surface area contributed by atoms with Crippen LogP contribution in [0.4, 0.5) is 22.7 Å². The molecule has 7 aromatic rings. The smallest absolute Gasteiger partial charge is 0.252 e. The van der Waals surface area contributed by atoms with Gasteiger partial charge in [0, 0.05) is 44.6 Å². The van der Waals surface area contributed by atoms with Gasteiger partial charge >= 0.3 is 0 Å². The highest BCUT2D eigenvalue weighted by Crippen LogP contribution is 2.60. The summed E-state index contributed by atoms with van der Waals surface area (Å²) in [5, 5.41) is 2.37. The summed E-state index contributed by atoms with van der Waals surface area (Å²) in [5.41, 5.74) is 23.0. The third-order valence-electron chi connectivity index (χ3n) is 16.9. The van der Waals surface area contributed by atoms with E-state index in [0.717, 1.165) is 42.2 Å². The van der Waals surface area contributed by atoms with Crippen molar-refractivity contribution < 1.29 is 4.42 Å². The molecule has 65 heavy (non-hydrogen) atoms. The van der Waals surface area contributed by atoms with Crippen LogP contribution in [0.1, 0.15) is 138 Å². The highest BCUT2D eigenvalue weighted by molar-refractivity contribution is 7.00. The van der Waals surface area contributed by atoms with Crippen molar-refractivity contribution in [3.8, 4) is 5.69 Å². The molecule has 0 amide bonds. The number of rotatable bonds is 7. The molecule has 2 aromatic heterocycles. The van der Waals surface area contributed by atoms with Crippen LogP contribution in [-0.4, -0.2) is 16.8 Å². The molecule has 4 nitrogen and oxygen atoms in total. The fourth-order valence-electron chi connectivity index (χ4n) is 12.9. The summed E-state index contributed by atoms with van der Waals surface area (Å²) >= 11 is 0. The summed E-state index contributed by atoms with van der Waals surface area (Å²) in [6.45, 7) is 33.5. The molecule has 1 aliphatic carbocycles. The van der Waals surface area contributed by atoms with Crippen molar-refractivity contribution in [3.63, 3.8) is 0 Å². The fraction of sp³-hybridized carbons (Fsp3) is 0.400. The van der Waals surface area contributed by atoms with E-state index in [-0.39, 0.29) is 28.5 Å². The lowest BCUT2D eigenvalue weighted by atomic mass is 9.33. The molecular formula is C60H68BN3O. The van der Waals surface area contributed by atoms with Gasteiger partial charge in [0.2, 0.25) is 0 Å². The van der Waals surface area contributed by atoms with Crippen LogP contribution >= 0.6 is 0 Å². The van der Waals surface area contributed by atoms with Gasteiger partial charge in [-0.2, -0.15) is 0 Å². The zero-order valence-electron chi connectivity index (χ0n) is 41.5. The topological polar surface area (TPSA) is 24.6 Å². The molecule has 5 heterocycles. The summed E-state index contributed by atoms with van der Waals surface area (Å²) < 4.78 is 9.67. The van der Waals surface area contributed by atoms with Crippen molar-refractivity contribution in [1.82, 2.24) is 4.57 Å². The number of fused-ring (bicyclic) bond motifs is 9. The van der Waals surface area contributed by atoms with Gasteiger partial charge in [-0.1, -0.05) is 137 Å². The Balaban J connectivity index is 1.32. The minimum Gasteiger partial charge on any atom is -0.454 e. The molecule has 3 atom stereocenters. The van der Waals surface area contributed by atoms with E-state index in [1.54, 1.807) is 0 Å². The van der Waals surface area contributed by atoms with Gasteiger partial charge in [0.1, 0.15) is 11.1 Å². The largest absolute Gasteiger partial charge is 0.454 e. The van der Waals surface area contributed by atoms with E-state index in [1.807, 2.05) is 0 Å². The lowest BCUT2D eigenvalue weighted by Crippen LogP contribution is -2.63. The molecule has 5 aromatic carbocycles. The van der Waals surface area contributed by atoms with Gasteiger partial charge in [0.25, 0.3) is 6.71 Å². The van der Waals surface area contributed by atoms with Crippen LogP contribution in [0.2, 0.25) is 0 Å². The van der Waals surface area contributed by atoms with Crippen LogP contribution < -0.4 is 26.2 Å². The number of para-hydroxylation sites is 2. The number of nitrogens with zero attached hydrogens (tertiary/aromatic N) is 3. The Morgan fingerprint density at radius 2 is 1.54 bits per heavy atom. The van der Waals surface area contributed by atoms with Crippen molar-refractivity contribution in [2.24, 2.45) is 11.8 Å². The number of anilines is 4. The third kappa shape index (κ3) is 5.69. The standard InChI is InChI=1S/C60H68BN3O/c1-15-28-59(13)44-21-19-22-45-55(44)64(60(59,14)16-2)50-34-41(62(47-26-24-38(35(3)4)29-36(47)5)48-27-25-39(30-37(48)6)57(7,8)9)33-49-52(50)61(45)46-32-40(58(10,11)12)31-43-53(46)63(49)54-42-20-17-18-23-51(42)65-56(43)54/h17-27,30-35,38H,15-16,28-29H2,1-14H3. The zero-order valence-corrected chi connectivity index (χ0v) is 41.5. The lowest BCUT2D eigenvalue weighted by molar-refractivity contribution is 0.251. The second-order valence-electron chi connectivity index (χ2n) is 23.2. The van der Waals surface area contributed by atoms with Gasteiger partial charge in [-0.05, 0) is 149 Å². The monoisotopic (exact) mass is 858 g/mol. The van der Waals surface area contributed by atoms with E-state index >= 15 is 0 Å². The normalized spacial score (nSPS) is 21.1. The van der Waals surface area contributed by atoms with Gasteiger partial charge in [0.05, 0.1) is 16.7 Å². The van der Waals surface area contributed by atoms with Gasteiger partial charge in [0.15, 0.2) is 5.58 Å². The maximum atomic E-state index is 7.04. The van der Waals surface area contributed by atoms with Crippen molar-refractivity contribution in [2.75, 3.05) is 9.80 Å². The molecule has 0 saturated heterocycles. The van der Waals surface area contributed by atoms with Crippen molar-refractivity contribution in [3.05, 3.63) is 131 Å². The Bertz CT molecular complexity index is 3210. The quantitative estimate of drug-likeness (QED) is 0.149. The molecule has 0 bridgehead atoms. The Labute approximate surface area is 388 Å². The van der Waals surface area contributed by atoms with Crippen LogP contribution in [0.3, 0.4) is 0 Å². The predicted molar refractivity (Wildman–Crippen MR) is 280 cm³/mol. The molecule has 11 rings (SSSR count). The highest BCUT2D eigenvalue weighted by Gasteiger charge is 2.59. The Morgan fingerprint density at radius 3 is 2.22 bits per heavy atom. The van der Waals surface area contributed by atoms with E-state index in [0.29, 0.717) is 11.8 Å². The predicted octanol–water partition coefficient (Wildman–Crippen LogP) is 14.6. The number of benzene rings is 5. The molecule has 0 spiro atoms. The zero-order chi connectivity index (χ0) is 45.9. The maximum absolute atomic E-state index is 7.04. The van der Waals surface area contributed by atoms with E-state index in [4.69, 9.17) is 4.42 Å². The SMILES string of the molecule is CCCC1(C)c2cccc3c2N(c2cc(N(C4=C(C)CC(C(C)C)C=C4)c4ccc(C(C)(C)C)cc4C)cc4c2B3c2cc(C(C)(C)C)cc3c5oc6ccccc6c5n-4c23)C1(C)CC. The highest BCUT2D eigenvalue weighted by atomic mass is 16.3. The van der Waals surface area contributed by atoms with Crippen LogP contribution in [0.15, 0.2) is 113 Å². The first-order valence-electron chi connectivity index (χ1n) is 24.7. The molecular weight excluding hydrogens is 789 g/mol. The van der Waals surface area contributed by atoms with Gasteiger partial charge in [-0.15, -0.1) is 0 Å². The van der Waals surface area contributed by atoms with Crippen molar-refractivity contribution >= 4 is 78.8 Å². The maximum Gasteiger partial charge on any atom is 0.252 e. The van der Waals surface area contributed by atoms with E-state index in [1.165, 1.54) is 94.8 Å². The molecule has 332 valence electrons. The minimum absolute atomic E-state index is 0.0406. The average Bonchev–Trinajstić information content (AvgIpc) is 3.86. The Hall–Kier alpha value is -5.42. The lowest BCUT2D eigenvalue weighted by Gasteiger charge is -2.50. The van der Waals surface area contributed by atoms with Crippen molar-refractivity contribution in [2.45, 2.75) is 144 Å². The van der Waals surface area contributed by atoms with E-state index in [2.05, 4.69) is 208 Å². The first-order valence-corrected chi connectivity index (χ1v) is 24.7. The minimum atomic E-state index is -0.171. The molecule has 0 fully saturated rings. The number of allylic oxidation sites excluding steroid dienone is 3. The number of aromatic nitrogens is 1. The molecule has 0 radical (unpaired) electrons. The second-order valence-corrected chi connectivity index (χ2v) is 23.2. The summed E-state index contributed by atoms with van der Waals surface area (Å²) in [7, 11) is 0. The molecule has 3 aliphatic heterocycles. The van der Waals surface area contributed by atoms with Crippen LogP contribution in [-0.2, 0) is 16.2 Å². The average molecular weight is 858 g/mol. The van der Waals surface area contributed by atoms with Crippen LogP contribution in [0.5, 0.6) is 0 Å². The summed E-state index contributed by atoms with van der Waals surface area (Å²) in [4.78, 5) is 5.49. The van der Waals surface area contributed by atoms with Gasteiger partial charge in [-0.25, -0.2) is 0 Å². The van der Waals surface area contributed by atoms with Crippen molar-refractivity contribution in [1.29, 1.82) is 0 Å². The summed E-state index contributed by atoms with van der Waals surface area (Å²) in [6.07, 6.45) is 9.27. The first-order chi connectivity index (χ1) is 30.8. The van der Waals surface area contributed by atoms with Crippen LogP contribution in [0, 0.1) is 18.8 Å².